The molecule has 1 aliphatic rings. The van der Waals surface area contributed by atoms with Gasteiger partial charge in [0.15, 0.2) is 0 Å². The van der Waals surface area contributed by atoms with Crippen molar-refractivity contribution in [1.29, 1.82) is 0 Å². The van der Waals surface area contributed by atoms with Gasteiger partial charge in [0, 0.05) is 24.2 Å². The van der Waals surface area contributed by atoms with Crippen LogP contribution >= 0.6 is 0 Å². The van der Waals surface area contributed by atoms with E-state index < -0.39 is 4.92 Å². The summed E-state index contributed by atoms with van der Waals surface area (Å²) in [4.78, 5) is 15.9. The summed E-state index contributed by atoms with van der Waals surface area (Å²) in [7, 11) is 1.54. The van der Waals surface area contributed by atoms with Gasteiger partial charge in [-0.15, -0.1) is 0 Å². The van der Waals surface area contributed by atoms with E-state index in [9.17, 15) is 10.1 Å². The Kier molecular flexibility index (Phi) is 4.70. The van der Waals surface area contributed by atoms with Crippen LogP contribution in [0.4, 0.5) is 5.69 Å². The summed E-state index contributed by atoms with van der Waals surface area (Å²) in [6.45, 7) is 0.390. The molecule has 0 amide bonds. The largest absolute Gasteiger partial charge is 0.496 e. The number of ether oxygens (including phenoxy) is 1. The Labute approximate surface area is 111 Å². The minimum Gasteiger partial charge on any atom is -0.496 e. The zero-order valence-corrected chi connectivity index (χ0v) is 10.9. The van der Waals surface area contributed by atoms with E-state index in [1.807, 2.05) is 0 Å². The Morgan fingerprint density at radius 3 is 2.79 bits per heavy atom. The molecule has 104 valence electrons. The molecule has 1 fully saturated rings. The van der Waals surface area contributed by atoms with Gasteiger partial charge in [0.05, 0.1) is 18.1 Å². The molecule has 0 spiro atoms. The van der Waals surface area contributed by atoms with Gasteiger partial charge in [0.2, 0.25) is 0 Å². The number of benzene rings is 1. The third kappa shape index (κ3) is 3.65. The molecule has 0 aliphatic heterocycles. The zero-order valence-electron chi connectivity index (χ0n) is 10.9. The lowest BCUT2D eigenvalue weighted by Gasteiger charge is -2.13. The quantitative estimate of drug-likeness (QED) is 0.632. The Hall–Kier alpha value is -1.66. The summed E-state index contributed by atoms with van der Waals surface area (Å²) in [5.74, 6) is 0.619. The first-order valence-electron chi connectivity index (χ1n) is 6.40. The van der Waals surface area contributed by atoms with E-state index in [0.29, 0.717) is 12.3 Å². The van der Waals surface area contributed by atoms with Crippen LogP contribution in [0.2, 0.25) is 0 Å². The topological polar surface area (TPSA) is 73.6 Å². The fourth-order valence-electron chi connectivity index (χ4n) is 2.26. The number of non-ortho nitro benzene ring substituents is 1. The maximum Gasteiger partial charge on any atom is 0.270 e. The van der Waals surface area contributed by atoms with Gasteiger partial charge < -0.3 is 4.74 Å². The summed E-state index contributed by atoms with van der Waals surface area (Å²) >= 11 is 0. The van der Waals surface area contributed by atoms with Crippen LogP contribution in [0.3, 0.4) is 0 Å². The van der Waals surface area contributed by atoms with Crippen molar-refractivity contribution in [3.63, 3.8) is 0 Å². The second kappa shape index (κ2) is 6.49. The molecule has 0 aromatic heterocycles. The average Bonchev–Trinajstić information content (AvgIpc) is 2.91. The Balaban J connectivity index is 1.96. The van der Waals surface area contributed by atoms with Crippen LogP contribution in [0.15, 0.2) is 18.2 Å². The number of hydrogen-bond donors (Lipinski definition) is 1. The van der Waals surface area contributed by atoms with Gasteiger partial charge in [0.1, 0.15) is 5.75 Å². The number of hydrogen-bond acceptors (Lipinski definition) is 5. The molecule has 0 heterocycles. The minimum absolute atomic E-state index is 0.0541. The molecular weight excluding hydrogens is 248 g/mol. The number of nitro benzene ring substituents is 1. The van der Waals surface area contributed by atoms with Gasteiger partial charge >= 0.3 is 0 Å². The van der Waals surface area contributed by atoms with Crippen molar-refractivity contribution in [3.8, 4) is 5.75 Å². The first-order valence-corrected chi connectivity index (χ1v) is 6.40. The predicted molar refractivity (Wildman–Crippen MR) is 69.8 cm³/mol. The molecule has 2 rings (SSSR count). The molecule has 0 bridgehead atoms. The lowest BCUT2D eigenvalue weighted by molar-refractivity contribution is -0.384. The molecule has 0 radical (unpaired) electrons. The summed E-state index contributed by atoms with van der Waals surface area (Å²) in [5, 5.41) is 10.7. The number of nitrogens with zero attached hydrogens (tertiary/aromatic N) is 1. The van der Waals surface area contributed by atoms with E-state index in [-0.39, 0.29) is 11.8 Å². The van der Waals surface area contributed by atoms with E-state index >= 15 is 0 Å². The van der Waals surface area contributed by atoms with Crippen molar-refractivity contribution in [3.05, 3.63) is 33.9 Å². The molecule has 1 aromatic carbocycles. The van der Waals surface area contributed by atoms with Gasteiger partial charge in [-0.1, -0.05) is 12.8 Å². The molecule has 1 aromatic rings. The van der Waals surface area contributed by atoms with Gasteiger partial charge in [-0.25, -0.2) is 0 Å². The molecule has 1 aliphatic carbocycles. The molecule has 1 N–H and O–H groups in total. The van der Waals surface area contributed by atoms with Crippen LogP contribution in [0.5, 0.6) is 5.75 Å². The van der Waals surface area contributed by atoms with Crippen LogP contribution in [0.25, 0.3) is 0 Å². The first-order chi connectivity index (χ1) is 9.20. The van der Waals surface area contributed by atoms with Crippen molar-refractivity contribution in [1.82, 2.24) is 5.48 Å². The lowest BCUT2D eigenvalue weighted by Crippen LogP contribution is -2.21. The SMILES string of the molecule is COc1ccc([N+](=O)[O-])cc1CNOC1CCCC1. The summed E-state index contributed by atoms with van der Waals surface area (Å²) in [5.41, 5.74) is 3.65. The fourth-order valence-corrected chi connectivity index (χ4v) is 2.26. The lowest BCUT2D eigenvalue weighted by atomic mass is 10.2. The molecule has 19 heavy (non-hydrogen) atoms. The highest BCUT2D eigenvalue weighted by molar-refractivity contribution is 5.43. The van der Waals surface area contributed by atoms with E-state index in [1.54, 1.807) is 13.2 Å². The van der Waals surface area contributed by atoms with Crippen LogP contribution in [-0.2, 0) is 11.4 Å². The molecule has 0 unspecified atom stereocenters. The van der Waals surface area contributed by atoms with Crippen LogP contribution in [0, 0.1) is 10.1 Å². The van der Waals surface area contributed by atoms with Crippen molar-refractivity contribution in [2.24, 2.45) is 0 Å². The predicted octanol–water partition coefficient (Wildman–Crippen LogP) is 2.57. The Morgan fingerprint density at radius 2 is 2.16 bits per heavy atom. The van der Waals surface area contributed by atoms with Crippen LogP contribution < -0.4 is 10.2 Å². The third-order valence-corrected chi connectivity index (χ3v) is 3.29. The van der Waals surface area contributed by atoms with Gasteiger partial charge in [-0.3, -0.25) is 15.0 Å². The monoisotopic (exact) mass is 266 g/mol. The van der Waals surface area contributed by atoms with Crippen molar-refractivity contribution >= 4 is 5.69 Å². The normalized spacial score (nSPS) is 15.6. The molecule has 6 heteroatoms. The maximum atomic E-state index is 10.7. The molecule has 0 atom stereocenters. The molecule has 0 saturated heterocycles. The van der Waals surface area contributed by atoms with E-state index in [0.717, 1.165) is 18.4 Å². The zero-order chi connectivity index (χ0) is 13.7. The highest BCUT2D eigenvalue weighted by Gasteiger charge is 2.16. The number of rotatable bonds is 6. The van der Waals surface area contributed by atoms with Crippen molar-refractivity contribution in [2.75, 3.05) is 7.11 Å². The van der Waals surface area contributed by atoms with E-state index in [4.69, 9.17) is 9.57 Å². The second-order valence-corrected chi connectivity index (χ2v) is 4.60. The average molecular weight is 266 g/mol. The first kappa shape index (κ1) is 13.8. The Bertz CT molecular complexity index is 444. The van der Waals surface area contributed by atoms with E-state index in [2.05, 4.69) is 5.48 Å². The number of hydroxylamine groups is 1. The van der Waals surface area contributed by atoms with Crippen LogP contribution in [-0.4, -0.2) is 18.1 Å². The third-order valence-electron chi connectivity index (χ3n) is 3.29. The standard InChI is InChI=1S/C13H18N2O4/c1-18-13-7-6-11(15(16)17)8-10(13)9-14-19-12-4-2-3-5-12/h6-8,12,14H,2-5,9H2,1H3. The fraction of sp³-hybridized carbons (Fsp3) is 0.538. The van der Waals surface area contributed by atoms with Crippen molar-refractivity contribution < 1.29 is 14.5 Å². The summed E-state index contributed by atoms with van der Waals surface area (Å²) in [6, 6.07) is 4.54. The van der Waals surface area contributed by atoms with Gasteiger partial charge in [-0.2, -0.15) is 5.48 Å². The highest BCUT2D eigenvalue weighted by Crippen LogP contribution is 2.24. The number of methoxy groups -OCH3 is 1. The summed E-state index contributed by atoms with van der Waals surface area (Å²) in [6.07, 6.45) is 4.79. The smallest absolute Gasteiger partial charge is 0.270 e. The highest BCUT2D eigenvalue weighted by atomic mass is 16.7. The number of nitro groups is 1. The van der Waals surface area contributed by atoms with Gasteiger partial charge in [0.25, 0.3) is 5.69 Å². The summed E-state index contributed by atoms with van der Waals surface area (Å²) < 4.78 is 5.18. The Morgan fingerprint density at radius 1 is 1.42 bits per heavy atom. The minimum atomic E-state index is -0.416. The second-order valence-electron chi connectivity index (χ2n) is 4.60. The number of nitrogens with one attached hydrogen (secondary N) is 1. The van der Waals surface area contributed by atoms with E-state index in [1.165, 1.54) is 25.0 Å². The maximum absolute atomic E-state index is 10.7. The van der Waals surface area contributed by atoms with Gasteiger partial charge in [-0.05, 0) is 18.9 Å². The molecule has 6 nitrogen and oxygen atoms in total. The van der Waals surface area contributed by atoms with Crippen molar-refractivity contribution in [2.45, 2.75) is 38.3 Å². The molecular formula is C13H18N2O4. The molecule has 1 saturated carbocycles. The van der Waals surface area contributed by atoms with Crippen LogP contribution in [0.1, 0.15) is 31.2 Å².